The summed E-state index contributed by atoms with van der Waals surface area (Å²) < 4.78 is 27.1. The van der Waals surface area contributed by atoms with Gasteiger partial charge in [0.2, 0.25) is 0 Å². The number of sulfonamides is 1. The highest BCUT2D eigenvalue weighted by Gasteiger charge is 2.50. The number of primary amides is 1. The fourth-order valence-electron chi connectivity index (χ4n) is 3.88. The molecule has 0 radical (unpaired) electrons. The third-order valence-electron chi connectivity index (χ3n) is 5.27. The Balaban J connectivity index is 1.76. The summed E-state index contributed by atoms with van der Waals surface area (Å²) in [6.07, 6.45) is 4.46. The molecular weight excluding hydrogens is 334 g/mol. The van der Waals surface area contributed by atoms with Crippen LogP contribution < -0.4 is 10.6 Å². The van der Waals surface area contributed by atoms with Crippen LogP contribution in [0.15, 0.2) is 21.7 Å². The molecule has 2 aliphatic rings. The van der Waals surface area contributed by atoms with E-state index in [4.69, 9.17) is 5.73 Å². The standard InChI is InChI=1S/C15H23N3O3S2/c16-14(19)15(17-8-2-1-3-9-17)6-10-18(11-7-15)23(20,21)13-5-4-12-22-13/h4-5,12H,1-3,6-11H2,(H2,16,19)/p+1. The summed E-state index contributed by atoms with van der Waals surface area (Å²) in [5, 5.41) is 1.77. The molecule has 3 N–H and O–H groups in total. The molecule has 0 unspecified atom stereocenters. The minimum absolute atomic E-state index is 0.275. The molecule has 2 aliphatic heterocycles. The summed E-state index contributed by atoms with van der Waals surface area (Å²) in [4.78, 5) is 13.5. The molecule has 2 saturated heterocycles. The maximum absolute atomic E-state index is 12.6. The van der Waals surface area contributed by atoms with Crippen LogP contribution in [0.3, 0.4) is 0 Å². The third-order valence-corrected chi connectivity index (χ3v) is 8.54. The van der Waals surface area contributed by atoms with E-state index in [1.807, 2.05) is 0 Å². The van der Waals surface area contributed by atoms with Crippen molar-refractivity contribution in [1.29, 1.82) is 0 Å². The van der Waals surface area contributed by atoms with Crippen molar-refractivity contribution in [2.24, 2.45) is 5.73 Å². The summed E-state index contributed by atoms with van der Waals surface area (Å²) >= 11 is 1.23. The Kier molecular flexibility index (Phi) is 4.78. The highest BCUT2D eigenvalue weighted by atomic mass is 32.2. The number of hydrogen-bond acceptors (Lipinski definition) is 4. The fourth-order valence-corrected chi connectivity index (χ4v) is 6.46. The van der Waals surface area contributed by atoms with Gasteiger partial charge in [-0.3, -0.25) is 4.79 Å². The van der Waals surface area contributed by atoms with Crippen LogP contribution in [0.5, 0.6) is 0 Å². The maximum Gasteiger partial charge on any atom is 0.278 e. The largest absolute Gasteiger partial charge is 0.364 e. The molecule has 6 nitrogen and oxygen atoms in total. The van der Waals surface area contributed by atoms with E-state index in [-0.39, 0.29) is 5.91 Å². The maximum atomic E-state index is 12.6. The molecule has 0 aliphatic carbocycles. The van der Waals surface area contributed by atoms with Gasteiger partial charge in [0, 0.05) is 25.9 Å². The minimum atomic E-state index is -3.43. The number of piperidine rings is 2. The number of nitrogens with two attached hydrogens (primary N) is 1. The monoisotopic (exact) mass is 358 g/mol. The lowest BCUT2D eigenvalue weighted by atomic mass is 9.84. The number of rotatable bonds is 4. The van der Waals surface area contributed by atoms with Gasteiger partial charge in [0.15, 0.2) is 5.54 Å². The smallest absolute Gasteiger partial charge is 0.278 e. The number of amides is 1. The molecule has 0 atom stereocenters. The van der Waals surface area contributed by atoms with E-state index in [2.05, 4.69) is 0 Å². The van der Waals surface area contributed by atoms with Crippen LogP contribution in [0.1, 0.15) is 32.1 Å². The lowest BCUT2D eigenvalue weighted by molar-refractivity contribution is -0.948. The van der Waals surface area contributed by atoms with Gasteiger partial charge < -0.3 is 10.6 Å². The van der Waals surface area contributed by atoms with Gasteiger partial charge in [-0.05, 0) is 30.7 Å². The highest BCUT2D eigenvalue weighted by Crippen LogP contribution is 2.27. The van der Waals surface area contributed by atoms with E-state index in [1.54, 1.807) is 17.5 Å². The van der Waals surface area contributed by atoms with E-state index >= 15 is 0 Å². The highest BCUT2D eigenvalue weighted by molar-refractivity contribution is 7.91. The molecule has 0 spiro atoms. The van der Waals surface area contributed by atoms with Crippen LogP contribution in [0.2, 0.25) is 0 Å². The first-order valence-corrected chi connectivity index (χ1v) is 10.5. The lowest BCUT2D eigenvalue weighted by Crippen LogP contribution is -3.22. The summed E-state index contributed by atoms with van der Waals surface area (Å²) in [7, 11) is -3.43. The van der Waals surface area contributed by atoms with Gasteiger partial charge >= 0.3 is 0 Å². The first kappa shape index (κ1) is 16.9. The molecule has 0 saturated carbocycles. The van der Waals surface area contributed by atoms with Crippen molar-refractivity contribution in [3.63, 3.8) is 0 Å². The average molecular weight is 359 g/mol. The number of likely N-dealkylation sites (tertiary alicyclic amines) is 1. The molecule has 0 aromatic carbocycles. The Morgan fingerprint density at radius 3 is 2.39 bits per heavy atom. The fraction of sp³-hybridized carbons (Fsp3) is 0.667. The number of carbonyl (C=O) groups excluding carboxylic acids is 1. The van der Waals surface area contributed by atoms with Crippen LogP contribution in [-0.4, -0.2) is 50.3 Å². The van der Waals surface area contributed by atoms with Gasteiger partial charge in [0.25, 0.3) is 15.9 Å². The first-order valence-electron chi connectivity index (χ1n) is 8.15. The van der Waals surface area contributed by atoms with Crippen molar-refractivity contribution < 1.29 is 18.1 Å². The molecule has 8 heteroatoms. The molecular formula is C15H24N3O3S2+. The Hall–Kier alpha value is -0.960. The number of thiophene rings is 1. The Labute approximate surface area is 141 Å². The number of nitrogens with one attached hydrogen (secondary N) is 1. The second kappa shape index (κ2) is 6.51. The van der Waals surface area contributed by atoms with Crippen molar-refractivity contribution in [3.05, 3.63) is 17.5 Å². The zero-order valence-electron chi connectivity index (χ0n) is 13.2. The van der Waals surface area contributed by atoms with Crippen molar-refractivity contribution in [2.75, 3.05) is 26.2 Å². The summed E-state index contributed by atoms with van der Waals surface area (Å²) in [5.74, 6) is -0.275. The number of nitrogens with zero attached hydrogens (tertiary/aromatic N) is 1. The summed E-state index contributed by atoms with van der Waals surface area (Å²) in [5.41, 5.74) is 5.16. The van der Waals surface area contributed by atoms with Crippen molar-refractivity contribution >= 4 is 27.3 Å². The number of carbonyl (C=O) groups is 1. The zero-order valence-corrected chi connectivity index (χ0v) is 14.8. The van der Waals surface area contributed by atoms with Gasteiger partial charge in [-0.2, -0.15) is 4.31 Å². The molecule has 3 rings (SSSR count). The molecule has 1 aromatic heterocycles. The quantitative estimate of drug-likeness (QED) is 0.783. The molecule has 128 valence electrons. The minimum Gasteiger partial charge on any atom is -0.364 e. The number of hydrogen-bond donors (Lipinski definition) is 2. The average Bonchev–Trinajstić information content (AvgIpc) is 3.11. The normalized spacial score (nSPS) is 23.7. The lowest BCUT2D eigenvalue weighted by Gasteiger charge is -2.44. The van der Waals surface area contributed by atoms with E-state index in [1.165, 1.54) is 27.0 Å². The zero-order chi connectivity index (χ0) is 16.5. The predicted octanol–water partition coefficient (Wildman–Crippen LogP) is -0.174. The van der Waals surface area contributed by atoms with Crippen LogP contribution in [-0.2, 0) is 14.8 Å². The molecule has 1 aromatic rings. The van der Waals surface area contributed by atoms with E-state index in [0.717, 1.165) is 25.9 Å². The Morgan fingerprint density at radius 1 is 1.22 bits per heavy atom. The predicted molar refractivity (Wildman–Crippen MR) is 88.8 cm³/mol. The van der Waals surface area contributed by atoms with Crippen LogP contribution in [0, 0.1) is 0 Å². The van der Waals surface area contributed by atoms with Gasteiger partial charge in [-0.1, -0.05) is 6.07 Å². The van der Waals surface area contributed by atoms with Gasteiger partial charge in [0.05, 0.1) is 13.1 Å². The van der Waals surface area contributed by atoms with Gasteiger partial charge in [-0.25, -0.2) is 8.42 Å². The molecule has 1 amide bonds. The number of quaternary nitrogens is 1. The molecule has 23 heavy (non-hydrogen) atoms. The topological polar surface area (TPSA) is 84.9 Å². The van der Waals surface area contributed by atoms with E-state index < -0.39 is 15.6 Å². The second-order valence-corrected chi connectivity index (χ2v) is 9.56. The van der Waals surface area contributed by atoms with Crippen molar-refractivity contribution in [2.45, 2.75) is 41.9 Å². The van der Waals surface area contributed by atoms with Crippen LogP contribution in [0.4, 0.5) is 0 Å². The van der Waals surface area contributed by atoms with Gasteiger partial charge in [0.1, 0.15) is 4.21 Å². The van der Waals surface area contributed by atoms with Crippen LogP contribution >= 0.6 is 11.3 Å². The second-order valence-electron chi connectivity index (χ2n) is 6.45. The molecule has 0 bridgehead atoms. The Bertz CT molecular complexity index is 644. The SMILES string of the molecule is NC(=O)C1([NH+]2CCCCC2)CCN(S(=O)(=O)c2cccs2)CC1. The molecule has 2 fully saturated rings. The third kappa shape index (κ3) is 3.05. The summed E-state index contributed by atoms with van der Waals surface area (Å²) in [6, 6.07) is 3.37. The van der Waals surface area contributed by atoms with E-state index in [9.17, 15) is 13.2 Å². The first-order chi connectivity index (χ1) is 11.0. The van der Waals surface area contributed by atoms with Gasteiger partial charge in [-0.15, -0.1) is 11.3 Å². The molecule has 3 heterocycles. The van der Waals surface area contributed by atoms with E-state index in [0.29, 0.717) is 30.1 Å². The van der Waals surface area contributed by atoms with Crippen molar-refractivity contribution in [1.82, 2.24) is 4.31 Å². The summed E-state index contributed by atoms with van der Waals surface area (Å²) in [6.45, 7) is 2.65. The Morgan fingerprint density at radius 2 is 1.87 bits per heavy atom. The van der Waals surface area contributed by atoms with Crippen molar-refractivity contribution in [3.8, 4) is 0 Å². The van der Waals surface area contributed by atoms with Crippen LogP contribution in [0.25, 0.3) is 0 Å².